The van der Waals surface area contributed by atoms with Gasteiger partial charge in [-0.05, 0) is 33.4 Å². The van der Waals surface area contributed by atoms with E-state index in [1.165, 1.54) is 5.57 Å². The smallest absolute Gasteiger partial charge is 0.167 e. The minimum Gasteiger partial charge on any atom is -0.309 e. The highest BCUT2D eigenvalue weighted by Gasteiger charge is 2.28. The van der Waals surface area contributed by atoms with Gasteiger partial charge in [-0.15, -0.1) is 0 Å². The van der Waals surface area contributed by atoms with Crippen molar-refractivity contribution in [2.75, 3.05) is 20.6 Å². The fourth-order valence-corrected chi connectivity index (χ4v) is 2.48. The number of nitrogens with zero attached hydrogens (tertiary/aromatic N) is 1. The van der Waals surface area contributed by atoms with Gasteiger partial charge in [-0.3, -0.25) is 4.79 Å². The predicted octanol–water partition coefficient (Wildman–Crippen LogP) is 2.34. The van der Waals surface area contributed by atoms with E-state index < -0.39 is 0 Å². The summed E-state index contributed by atoms with van der Waals surface area (Å²) in [6.07, 6.45) is 11.2. The molecular weight excluding hydrogens is 198 g/mol. The molecule has 2 rings (SSSR count). The fourth-order valence-electron chi connectivity index (χ4n) is 2.48. The molecule has 0 spiro atoms. The number of rotatable bonds is 2. The molecule has 0 N–H and O–H groups in total. The Morgan fingerprint density at radius 1 is 1.38 bits per heavy atom. The summed E-state index contributed by atoms with van der Waals surface area (Å²) >= 11 is 0. The van der Waals surface area contributed by atoms with Crippen molar-refractivity contribution in [1.29, 1.82) is 0 Å². The third kappa shape index (κ3) is 2.33. The average Bonchev–Trinajstić information content (AvgIpc) is 2.47. The number of Topliss-reactive ketones (excluding diaryl/α,β-unsaturated/α-hetero) is 1. The molecule has 2 heteroatoms. The Balaban J connectivity index is 2.19. The van der Waals surface area contributed by atoms with E-state index in [9.17, 15) is 4.79 Å². The van der Waals surface area contributed by atoms with Gasteiger partial charge in [0.05, 0.1) is 0 Å². The Hall–Kier alpha value is -1.15. The van der Waals surface area contributed by atoms with Gasteiger partial charge in [-0.2, -0.15) is 0 Å². The van der Waals surface area contributed by atoms with Crippen molar-refractivity contribution < 1.29 is 4.79 Å². The van der Waals surface area contributed by atoms with Gasteiger partial charge in [0.2, 0.25) is 0 Å². The molecule has 0 saturated heterocycles. The first-order valence-corrected chi connectivity index (χ1v) is 5.92. The van der Waals surface area contributed by atoms with E-state index in [-0.39, 0.29) is 5.92 Å². The summed E-state index contributed by atoms with van der Waals surface area (Å²) in [6, 6.07) is 0. The zero-order valence-electron chi connectivity index (χ0n) is 10.1. The SMILES string of the molecule is CN(C)CC1CCC2=C(C=CC=CC2)C1=O. The second kappa shape index (κ2) is 4.79. The van der Waals surface area contributed by atoms with E-state index in [2.05, 4.69) is 11.0 Å². The van der Waals surface area contributed by atoms with E-state index in [1.54, 1.807) is 0 Å². The number of hydrogen-bond acceptors (Lipinski definition) is 2. The number of carbonyl (C=O) groups is 1. The molecule has 0 aromatic heterocycles. The van der Waals surface area contributed by atoms with E-state index in [0.29, 0.717) is 5.78 Å². The normalized spacial score (nSPS) is 24.9. The number of ketones is 1. The van der Waals surface area contributed by atoms with Crippen LogP contribution in [0.15, 0.2) is 35.5 Å². The topological polar surface area (TPSA) is 20.3 Å². The van der Waals surface area contributed by atoms with Crippen molar-refractivity contribution in [2.45, 2.75) is 19.3 Å². The molecular formula is C14H19NO. The summed E-state index contributed by atoms with van der Waals surface area (Å²) < 4.78 is 0. The maximum absolute atomic E-state index is 12.3. The van der Waals surface area contributed by atoms with Crippen LogP contribution < -0.4 is 0 Å². The number of hydrogen-bond donors (Lipinski definition) is 0. The van der Waals surface area contributed by atoms with Gasteiger partial charge in [-0.25, -0.2) is 0 Å². The average molecular weight is 217 g/mol. The monoisotopic (exact) mass is 217 g/mol. The van der Waals surface area contributed by atoms with Gasteiger partial charge >= 0.3 is 0 Å². The quantitative estimate of drug-likeness (QED) is 0.707. The zero-order valence-corrected chi connectivity index (χ0v) is 10.1. The first-order valence-electron chi connectivity index (χ1n) is 5.92. The summed E-state index contributed by atoms with van der Waals surface area (Å²) in [5, 5.41) is 0. The molecule has 2 nitrogen and oxygen atoms in total. The molecule has 16 heavy (non-hydrogen) atoms. The van der Waals surface area contributed by atoms with Crippen LogP contribution in [0.2, 0.25) is 0 Å². The summed E-state index contributed by atoms with van der Waals surface area (Å²) in [7, 11) is 4.06. The lowest BCUT2D eigenvalue weighted by molar-refractivity contribution is -0.120. The van der Waals surface area contributed by atoms with Gasteiger partial charge < -0.3 is 4.90 Å². The van der Waals surface area contributed by atoms with Crippen LogP contribution in [-0.2, 0) is 4.79 Å². The van der Waals surface area contributed by atoms with Crippen LogP contribution in [0, 0.1) is 5.92 Å². The standard InChI is InChI=1S/C14H19NO/c1-15(2)10-12-9-8-11-6-4-3-5-7-13(11)14(12)16/h3-5,7,12H,6,8-10H2,1-2H3. The van der Waals surface area contributed by atoms with Crippen LogP contribution in [-0.4, -0.2) is 31.3 Å². The number of allylic oxidation sites excluding steroid dienone is 6. The molecule has 0 fully saturated rings. The largest absolute Gasteiger partial charge is 0.309 e. The lowest BCUT2D eigenvalue weighted by atomic mass is 9.81. The van der Waals surface area contributed by atoms with Crippen LogP contribution in [0.3, 0.4) is 0 Å². The van der Waals surface area contributed by atoms with Crippen molar-refractivity contribution in [2.24, 2.45) is 5.92 Å². The molecule has 0 saturated carbocycles. The summed E-state index contributed by atoms with van der Waals surface area (Å²) in [6.45, 7) is 0.872. The molecule has 2 aliphatic carbocycles. The Kier molecular flexibility index (Phi) is 3.39. The van der Waals surface area contributed by atoms with Gasteiger partial charge in [0.25, 0.3) is 0 Å². The summed E-state index contributed by atoms with van der Waals surface area (Å²) in [5.74, 6) is 0.534. The van der Waals surface area contributed by atoms with Gasteiger partial charge in [0.1, 0.15) is 0 Å². The Labute approximate surface area is 97.3 Å². The highest BCUT2D eigenvalue weighted by molar-refractivity contribution is 6.01. The fraction of sp³-hybridized carbons (Fsp3) is 0.500. The van der Waals surface area contributed by atoms with E-state index in [1.807, 2.05) is 32.3 Å². The second-order valence-electron chi connectivity index (χ2n) is 4.87. The molecule has 0 bridgehead atoms. The Morgan fingerprint density at radius 3 is 2.94 bits per heavy atom. The summed E-state index contributed by atoms with van der Waals surface area (Å²) in [4.78, 5) is 14.4. The van der Waals surface area contributed by atoms with Gasteiger partial charge in [-0.1, -0.05) is 29.9 Å². The third-order valence-corrected chi connectivity index (χ3v) is 3.27. The minimum atomic E-state index is 0.191. The lowest BCUT2D eigenvalue weighted by Gasteiger charge is -2.26. The first kappa shape index (κ1) is 11.3. The molecule has 0 aliphatic heterocycles. The molecule has 86 valence electrons. The molecule has 1 atom stereocenters. The molecule has 0 heterocycles. The van der Waals surface area contributed by atoms with Crippen molar-refractivity contribution in [1.82, 2.24) is 4.90 Å². The van der Waals surface area contributed by atoms with Crippen LogP contribution in [0.5, 0.6) is 0 Å². The Bertz CT molecular complexity index is 374. The molecule has 0 amide bonds. The number of carbonyl (C=O) groups excluding carboxylic acids is 1. The van der Waals surface area contributed by atoms with Crippen LogP contribution in [0.25, 0.3) is 0 Å². The second-order valence-corrected chi connectivity index (χ2v) is 4.87. The summed E-state index contributed by atoms with van der Waals surface area (Å²) in [5.41, 5.74) is 2.30. The van der Waals surface area contributed by atoms with Gasteiger partial charge in [0.15, 0.2) is 5.78 Å². The molecule has 0 aromatic carbocycles. The minimum absolute atomic E-state index is 0.191. The molecule has 1 unspecified atom stereocenters. The van der Waals surface area contributed by atoms with Crippen molar-refractivity contribution in [3.63, 3.8) is 0 Å². The molecule has 0 radical (unpaired) electrons. The maximum atomic E-state index is 12.3. The third-order valence-electron chi connectivity index (χ3n) is 3.27. The molecule has 0 aromatic rings. The highest BCUT2D eigenvalue weighted by Crippen LogP contribution is 2.31. The maximum Gasteiger partial charge on any atom is 0.167 e. The lowest BCUT2D eigenvalue weighted by Crippen LogP contribution is -2.31. The van der Waals surface area contributed by atoms with Crippen LogP contribution in [0.1, 0.15) is 19.3 Å². The van der Waals surface area contributed by atoms with E-state index in [0.717, 1.165) is 31.4 Å². The van der Waals surface area contributed by atoms with E-state index >= 15 is 0 Å². The van der Waals surface area contributed by atoms with Crippen LogP contribution in [0.4, 0.5) is 0 Å². The van der Waals surface area contributed by atoms with Gasteiger partial charge in [0, 0.05) is 18.0 Å². The van der Waals surface area contributed by atoms with E-state index in [4.69, 9.17) is 0 Å². The Morgan fingerprint density at radius 2 is 2.19 bits per heavy atom. The van der Waals surface area contributed by atoms with Crippen LogP contribution >= 0.6 is 0 Å². The van der Waals surface area contributed by atoms with Crippen molar-refractivity contribution in [3.05, 3.63) is 35.5 Å². The first-order chi connectivity index (χ1) is 7.68. The van der Waals surface area contributed by atoms with Crippen molar-refractivity contribution in [3.8, 4) is 0 Å². The molecule has 2 aliphatic rings. The predicted molar refractivity (Wildman–Crippen MR) is 66.2 cm³/mol. The zero-order chi connectivity index (χ0) is 11.5. The van der Waals surface area contributed by atoms with Crippen molar-refractivity contribution >= 4 is 5.78 Å². The highest BCUT2D eigenvalue weighted by atomic mass is 16.1.